The first kappa shape index (κ1) is 13.9. The fourth-order valence-electron chi connectivity index (χ4n) is 2.63. The highest BCUT2D eigenvalue weighted by Crippen LogP contribution is 2.29. The predicted molar refractivity (Wildman–Crippen MR) is 74.6 cm³/mol. The van der Waals surface area contributed by atoms with Crippen LogP contribution in [-0.2, 0) is 4.79 Å². The minimum absolute atomic E-state index is 0.00324. The van der Waals surface area contributed by atoms with Crippen LogP contribution in [-0.4, -0.2) is 29.5 Å². The van der Waals surface area contributed by atoms with E-state index >= 15 is 0 Å². The number of hydrogen-bond acceptors (Lipinski definition) is 4. The van der Waals surface area contributed by atoms with E-state index < -0.39 is 10.7 Å². The largest absolute Gasteiger partial charge is 0.308 e. The third kappa shape index (κ3) is 2.87. The highest BCUT2D eigenvalue weighted by Gasteiger charge is 2.35. The van der Waals surface area contributed by atoms with E-state index in [0.29, 0.717) is 12.6 Å². The number of anilines is 1. The summed E-state index contributed by atoms with van der Waals surface area (Å²) in [5, 5.41) is 14.1. The Hall–Kier alpha value is -2.02. The first-order chi connectivity index (χ1) is 10.1. The van der Waals surface area contributed by atoms with Crippen LogP contribution in [0.25, 0.3) is 0 Å². The predicted octanol–water partition coefficient (Wildman–Crippen LogP) is 1.98. The molecule has 1 heterocycles. The molecule has 21 heavy (non-hydrogen) atoms. The smallest absolute Gasteiger partial charge is 0.271 e. The third-order valence-electron chi connectivity index (χ3n) is 3.88. The number of halogens is 1. The van der Waals surface area contributed by atoms with Crippen molar-refractivity contribution in [1.29, 1.82) is 0 Å². The van der Waals surface area contributed by atoms with E-state index in [1.807, 2.05) is 0 Å². The van der Waals surface area contributed by atoms with E-state index in [0.717, 1.165) is 43.9 Å². The number of nitrogens with zero attached hydrogens (tertiary/aromatic N) is 2. The molecule has 1 aliphatic carbocycles. The molecule has 0 bridgehead atoms. The maximum atomic E-state index is 14.0. The number of hydrogen-bond donors (Lipinski definition) is 1. The molecule has 1 saturated heterocycles. The molecule has 1 unspecified atom stereocenters. The van der Waals surface area contributed by atoms with Gasteiger partial charge in [-0.2, -0.15) is 0 Å². The lowest BCUT2D eigenvalue weighted by Gasteiger charge is -2.32. The summed E-state index contributed by atoms with van der Waals surface area (Å²) in [4.78, 5) is 24.0. The molecule has 1 saturated carbocycles. The number of carbonyl (C=O) groups is 1. The van der Waals surface area contributed by atoms with Gasteiger partial charge < -0.3 is 10.2 Å². The van der Waals surface area contributed by atoms with Crippen LogP contribution in [0.3, 0.4) is 0 Å². The Kier molecular flexibility index (Phi) is 3.59. The number of carbonyl (C=O) groups excluding carboxylic acids is 1. The van der Waals surface area contributed by atoms with Gasteiger partial charge in [-0.15, -0.1) is 0 Å². The standard InChI is InChI=1S/C14H16FN3O3/c15-11-6-5-10(18(20)21)8-13(11)17-7-1-2-12(14(17)19)16-9-3-4-9/h5-6,8-9,12,16H,1-4,7H2. The van der Waals surface area contributed by atoms with Gasteiger partial charge in [0.15, 0.2) is 0 Å². The molecule has 112 valence electrons. The molecule has 2 fully saturated rings. The summed E-state index contributed by atoms with van der Waals surface area (Å²) in [7, 11) is 0. The van der Waals surface area contributed by atoms with Crippen LogP contribution in [0.15, 0.2) is 18.2 Å². The van der Waals surface area contributed by atoms with Gasteiger partial charge in [0.1, 0.15) is 5.82 Å². The molecule has 1 amide bonds. The summed E-state index contributed by atoms with van der Waals surface area (Å²) >= 11 is 0. The Morgan fingerprint density at radius 1 is 1.33 bits per heavy atom. The number of nitro groups is 1. The Balaban J connectivity index is 1.85. The summed E-state index contributed by atoms with van der Waals surface area (Å²) < 4.78 is 14.0. The number of rotatable bonds is 4. The van der Waals surface area contributed by atoms with Crippen LogP contribution in [0.1, 0.15) is 25.7 Å². The van der Waals surface area contributed by atoms with Crippen molar-refractivity contribution in [2.45, 2.75) is 37.8 Å². The van der Waals surface area contributed by atoms with E-state index in [9.17, 15) is 19.3 Å². The molecule has 0 spiro atoms. The van der Waals surface area contributed by atoms with E-state index in [-0.39, 0.29) is 23.3 Å². The number of non-ortho nitro benzene ring substituents is 1. The molecular formula is C14H16FN3O3. The molecule has 3 rings (SSSR count). The van der Waals surface area contributed by atoms with Crippen LogP contribution < -0.4 is 10.2 Å². The zero-order valence-electron chi connectivity index (χ0n) is 11.4. The molecule has 0 radical (unpaired) electrons. The second kappa shape index (κ2) is 5.40. The zero-order valence-corrected chi connectivity index (χ0v) is 11.4. The zero-order chi connectivity index (χ0) is 15.0. The van der Waals surface area contributed by atoms with E-state index in [4.69, 9.17) is 0 Å². The Labute approximate surface area is 121 Å². The first-order valence-corrected chi connectivity index (χ1v) is 7.07. The fourth-order valence-corrected chi connectivity index (χ4v) is 2.63. The van der Waals surface area contributed by atoms with Gasteiger partial charge in [-0.25, -0.2) is 4.39 Å². The summed E-state index contributed by atoms with van der Waals surface area (Å²) in [6.07, 6.45) is 3.60. The Bertz CT molecular complexity index is 589. The van der Waals surface area contributed by atoms with Gasteiger partial charge in [-0.1, -0.05) is 0 Å². The fraction of sp³-hybridized carbons (Fsp3) is 0.500. The van der Waals surface area contributed by atoms with Gasteiger partial charge in [0.2, 0.25) is 5.91 Å². The van der Waals surface area contributed by atoms with Crippen LogP contribution in [0.2, 0.25) is 0 Å². The van der Waals surface area contributed by atoms with Crippen molar-refractivity contribution in [2.75, 3.05) is 11.4 Å². The summed E-state index contributed by atoms with van der Waals surface area (Å²) in [6.45, 7) is 0.389. The molecular weight excluding hydrogens is 277 g/mol. The van der Waals surface area contributed by atoms with Crippen molar-refractivity contribution in [3.63, 3.8) is 0 Å². The highest BCUT2D eigenvalue weighted by molar-refractivity contribution is 5.98. The molecule has 6 nitrogen and oxygen atoms in total. The average Bonchev–Trinajstić information content (AvgIpc) is 3.26. The van der Waals surface area contributed by atoms with E-state index in [2.05, 4.69) is 5.32 Å². The number of piperidine rings is 1. The Morgan fingerprint density at radius 3 is 2.76 bits per heavy atom. The minimum atomic E-state index is -0.610. The van der Waals surface area contributed by atoms with Crippen LogP contribution in [0.5, 0.6) is 0 Å². The van der Waals surface area contributed by atoms with Crippen molar-refractivity contribution in [2.24, 2.45) is 0 Å². The maximum absolute atomic E-state index is 14.0. The SMILES string of the molecule is O=C1C(NC2CC2)CCCN1c1cc([N+](=O)[O-])ccc1F. The second-order valence-corrected chi connectivity index (χ2v) is 5.52. The van der Waals surface area contributed by atoms with Crippen molar-refractivity contribution in [3.05, 3.63) is 34.1 Å². The average molecular weight is 293 g/mol. The molecule has 1 N–H and O–H groups in total. The second-order valence-electron chi connectivity index (χ2n) is 5.52. The van der Waals surface area contributed by atoms with Crippen molar-refractivity contribution < 1.29 is 14.1 Å². The van der Waals surface area contributed by atoms with Gasteiger partial charge >= 0.3 is 0 Å². The molecule has 1 atom stereocenters. The van der Waals surface area contributed by atoms with Crippen molar-refractivity contribution >= 4 is 17.3 Å². The normalized spacial score (nSPS) is 22.4. The van der Waals surface area contributed by atoms with Gasteiger partial charge in [0, 0.05) is 24.7 Å². The number of amides is 1. The summed E-state index contributed by atoms with van der Waals surface area (Å²) in [5.74, 6) is -0.812. The lowest BCUT2D eigenvalue weighted by atomic mass is 10.0. The number of nitro benzene ring substituents is 1. The first-order valence-electron chi connectivity index (χ1n) is 7.07. The van der Waals surface area contributed by atoms with Gasteiger partial charge in [-0.05, 0) is 31.7 Å². The van der Waals surface area contributed by atoms with Gasteiger partial charge in [-0.3, -0.25) is 14.9 Å². The van der Waals surface area contributed by atoms with Crippen LogP contribution in [0, 0.1) is 15.9 Å². The number of nitrogens with one attached hydrogen (secondary N) is 1. The Morgan fingerprint density at radius 2 is 2.10 bits per heavy atom. The molecule has 1 aliphatic heterocycles. The highest BCUT2D eigenvalue weighted by atomic mass is 19.1. The molecule has 0 aromatic heterocycles. The maximum Gasteiger partial charge on any atom is 0.271 e. The van der Waals surface area contributed by atoms with E-state index in [1.54, 1.807) is 0 Å². The van der Waals surface area contributed by atoms with Crippen LogP contribution in [0.4, 0.5) is 15.8 Å². The summed E-state index contributed by atoms with van der Waals surface area (Å²) in [6, 6.07) is 3.34. The minimum Gasteiger partial charge on any atom is -0.308 e. The van der Waals surface area contributed by atoms with Gasteiger partial charge in [0.25, 0.3) is 5.69 Å². The van der Waals surface area contributed by atoms with E-state index in [1.165, 1.54) is 4.90 Å². The molecule has 7 heteroatoms. The van der Waals surface area contributed by atoms with Crippen molar-refractivity contribution in [1.82, 2.24) is 5.32 Å². The molecule has 1 aromatic rings. The van der Waals surface area contributed by atoms with Gasteiger partial charge in [0.05, 0.1) is 16.7 Å². The lowest BCUT2D eigenvalue weighted by molar-refractivity contribution is -0.384. The molecule has 1 aromatic carbocycles. The number of benzene rings is 1. The lowest BCUT2D eigenvalue weighted by Crippen LogP contribution is -2.51. The van der Waals surface area contributed by atoms with Crippen LogP contribution >= 0.6 is 0 Å². The van der Waals surface area contributed by atoms with Crippen molar-refractivity contribution in [3.8, 4) is 0 Å². The summed E-state index contributed by atoms with van der Waals surface area (Å²) in [5.41, 5.74) is -0.215. The quantitative estimate of drug-likeness (QED) is 0.680. The third-order valence-corrected chi connectivity index (χ3v) is 3.88. The monoisotopic (exact) mass is 293 g/mol. The topological polar surface area (TPSA) is 75.5 Å². The molecule has 2 aliphatic rings.